The number of fused-ring (bicyclic) bond motifs is 1. The maximum atomic E-state index is 11.5. The summed E-state index contributed by atoms with van der Waals surface area (Å²) in [4.78, 5) is 20.5. The molecule has 3 nitrogen and oxygen atoms in total. The molecule has 1 heterocycles. The Morgan fingerprint density at radius 2 is 1.95 bits per heavy atom. The van der Waals surface area contributed by atoms with Gasteiger partial charge in [-0.25, -0.2) is 0 Å². The topological polar surface area (TPSA) is 42.3 Å². The summed E-state index contributed by atoms with van der Waals surface area (Å²) in [5.74, 6) is 0.230. The molecule has 0 aliphatic rings. The minimum atomic E-state index is 0.230. The van der Waals surface area contributed by atoms with Crippen LogP contribution in [0.5, 0.6) is 0 Å². The second-order valence-corrected chi connectivity index (χ2v) is 4.45. The lowest BCUT2D eigenvalue weighted by atomic mass is 10.1. The van der Waals surface area contributed by atoms with Crippen molar-refractivity contribution >= 4 is 28.1 Å². The lowest BCUT2D eigenvalue weighted by Gasteiger charge is -2.05. The van der Waals surface area contributed by atoms with Gasteiger partial charge < -0.3 is 0 Å². The predicted octanol–water partition coefficient (Wildman–Crippen LogP) is 4.09. The molecule has 0 spiro atoms. The van der Waals surface area contributed by atoms with E-state index in [0.717, 1.165) is 28.7 Å². The van der Waals surface area contributed by atoms with E-state index >= 15 is 0 Å². The number of carbonyl (C=O) groups is 1. The molecule has 1 aromatic carbocycles. The molecule has 0 aliphatic heterocycles. The number of hydrogen-bond acceptors (Lipinski definition) is 3. The van der Waals surface area contributed by atoms with Crippen LogP contribution in [-0.2, 0) is 4.79 Å². The number of rotatable bonds is 5. The highest BCUT2D eigenvalue weighted by Gasteiger charge is 2.06. The van der Waals surface area contributed by atoms with E-state index in [1.807, 2.05) is 44.2 Å². The van der Waals surface area contributed by atoms with E-state index in [1.54, 1.807) is 6.20 Å². The lowest BCUT2D eigenvalue weighted by molar-refractivity contribution is -0.117. The minimum Gasteiger partial charge on any atom is -0.299 e. The molecule has 0 amide bonds. The third-order valence-corrected chi connectivity index (χ3v) is 3.09. The van der Waals surface area contributed by atoms with Gasteiger partial charge in [0.1, 0.15) is 5.78 Å². The summed E-state index contributed by atoms with van der Waals surface area (Å²) >= 11 is 0. The van der Waals surface area contributed by atoms with Crippen LogP contribution in [0.2, 0.25) is 0 Å². The Labute approximate surface area is 113 Å². The molecule has 3 heteroatoms. The zero-order chi connectivity index (χ0) is 13.7. The molecule has 2 rings (SSSR count). The average Bonchev–Trinajstić information content (AvgIpc) is 2.46. The van der Waals surface area contributed by atoms with Crippen molar-refractivity contribution in [2.75, 3.05) is 0 Å². The van der Waals surface area contributed by atoms with Gasteiger partial charge in [0, 0.05) is 30.1 Å². The fraction of sp³-hybridized carbons (Fsp3) is 0.312. The van der Waals surface area contributed by atoms with E-state index in [0.29, 0.717) is 12.8 Å². The van der Waals surface area contributed by atoms with Crippen LogP contribution >= 0.6 is 0 Å². The number of Topliss-reactive ketones (excluding diaryl/α,β-unsaturated/α-hetero) is 1. The molecule has 0 atom stereocenters. The second kappa shape index (κ2) is 6.23. The summed E-state index contributed by atoms with van der Waals surface area (Å²) < 4.78 is 0. The molecule has 0 saturated heterocycles. The molecule has 1 aromatic heterocycles. The van der Waals surface area contributed by atoms with Crippen molar-refractivity contribution in [3.63, 3.8) is 0 Å². The molecule has 0 unspecified atom stereocenters. The number of pyridine rings is 1. The summed E-state index contributed by atoms with van der Waals surface area (Å²) in [6.07, 6.45) is 3.56. The van der Waals surface area contributed by atoms with Crippen LogP contribution in [-0.4, -0.2) is 16.5 Å². The fourth-order valence-electron chi connectivity index (χ4n) is 1.94. The number of aliphatic imine (C=N–C) groups is 1. The van der Waals surface area contributed by atoms with Gasteiger partial charge in [-0.15, -0.1) is 0 Å². The van der Waals surface area contributed by atoms with E-state index < -0.39 is 0 Å². The summed E-state index contributed by atoms with van der Waals surface area (Å²) in [5, 5.41) is 1.07. The van der Waals surface area contributed by atoms with Crippen LogP contribution in [0.15, 0.2) is 41.5 Å². The Hall–Kier alpha value is -2.03. The third kappa shape index (κ3) is 3.25. The van der Waals surface area contributed by atoms with Gasteiger partial charge in [0.2, 0.25) is 0 Å². The number of nitrogens with zero attached hydrogens (tertiary/aromatic N) is 2. The monoisotopic (exact) mass is 254 g/mol. The van der Waals surface area contributed by atoms with Gasteiger partial charge in [0.05, 0.1) is 11.2 Å². The summed E-state index contributed by atoms with van der Waals surface area (Å²) in [5.41, 5.74) is 2.66. The molecule has 98 valence electrons. The van der Waals surface area contributed by atoms with Crippen LogP contribution in [0.1, 0.15) is 33.1 Å². The summed E-state index contributed by atoms with van der Waals surface area (Å²) in [6, 6.07) is 9.87. The minimum absolute atomic E-state index is 0.230. The maximum Gasteiger partial charge on any atom is 0.138 e. The number of benzene rings is 1. The maximum absolute atomic E-state index is 11.5. The van der Waals surface area contributed by atoms with Crippen molar-refractivity contribution in [1.29, 1.82) is 0 Å². The molecule has 0 radical (unpaired) electrons. The van der Waals surface area contributed by atoms with Crippen LogP contribution in [0.4, 0.5) is 5.69 Å². The number of ketones is 1. The Morgan fingerprint density at radius 3 is 2.68 bits per heavy atom. The van der Waals surface area contributed by atoms with Gasteiger partial charge in [-0.1, -0.05) is 32.0 Å². The van der Waals surface area contributed by atoms with Crippen molar-refractivity contribution in [3.05, 3.63) is 36.5 Å². The van der Waals surface area contributed by atoms with E-state index in [9.17, 15) is 4.79 Å². The Kier molecular flexibility index (Phi) is 4.39. The average molecular weight is 254 g/mol. The zero-order valence-electron chi connectivity index (χ0n) is 11.4. The Balaban J connectivity index is 2.40. The normalized spacial score (nSPS) is 11.8. The Morgan fingerprint density at radius 1 is 1.16 bits per heavy atom. The number of para-hydroxylation sites is 1. The van der Waals surface area contributed by atoms with Crippen molar-refractivity contribution in [3.8, 4) is 0 Å². The molecule has 2 aromatic rings. The van der Waals surface area contributed by atoms with Gasteiger partial charge in [-0.3, -0.25) is 14.8 Å². The fourth-order valence-corrected chi connectivity index (χ4v) is 1.94. The van der Waals surface area contributed by atoms with Gasteiger partial charge >= 0.3 is 0 Å². The summed E-state index contributed by atoms with van der Waals surface area (Å²) in [7, 11) is 0. The standard InChI is InChI=1S/C16H18N2O/c1-3-13(11-14(19)4-2)18-15-9-5-7-12-8-6-10-17-16(12)15/h5-10H,3-4,11H2,1-2H3/b18-13-. The van der Waals surface area contributed by atoms with Gasteiger partial charge in [0.15, 0.2) is 0 Å². The van der Waals surface area contributed by atoms with Gasteiger partial charge in [-0.05, 0) is 18.6 Å². The first-order valence-electron chi connectivity index (χ1n) is 6.66. The quantitative estimate of drug-likeness (QED) is 0.754. The molecule has 0 bridgehead atoms. The van der Waals surface area contributed by atoms with Crippen LogP contribution in [0.3, 0.4) is 0 Å². The summed E-state index contributed by atoms with van der Waals surface area (Å²) in [6.45, 7) is 3.91. The van der Waals surface area contributed by atoms with Crippen LogP contribution < -0.4 is 0 Å². The smallest absolute Gasteiger partial charge is 0.138 e. The molecular weight excluding hydrogens is 236 g/mol. The molecule has 0 fully saturated rings. The molecule has 19 heavy (non-hydrogen) atoms. The Bertz CT molecular complexity index is 612. The third-order valence-electron chi connectivity index (χ3n) is 3.09. The van der Waals surface area contributed by atoms with E-state index in [1.165, 1.54) is 0 Å². The predicted molar refractivity (Wildman–Crippen MR) is 79.0 cm³/mol. The lowest BCUT2D eigenvalue weighted by Crippen LogP contribution is -2.05. The number of aromatic nitrogens is 1. The van der Waals surface area contributed by atoms with E-state index in [2.05, 4.69) is 9.98 Å². The number of hydrogen-bond donors (Lipinski definition) is 0. The highest BCUT2D eigenvalue weighted by atomic mass is 16.1. The molecule has 0 N–H and O–H groups in total. The second-order valence-electron chi connectivity index (χ2n) is 4.45. The van der Waals surface area contributed by atoms with Gasteiger partial charge in [-0.2, -0.15) is 0 Å². The van der Waals surface area contributed by atoms with Crippen molar-refractivity contribution < 1.29 is 4.79 Å². The first-order chi connectivity index (χ1) is 9.24. The first-order valence-corrected chi connectivity index (χ1v) is 6.66. The first kappa shape index (κ1) is 13.4. The van der Waals surface area contributed by atoms with E-state index in [-0.39, 0.29) is 5.78 Å². The van der Waals surface area contributed by atoms with Crippen LogP contribution in [0.25, 0.3) is 10.9 Å². The van der Waals surface area contributed by atoms with Crippen molar-refractivity contribution in [1.82, 2.24) is 4.98 Å². The van der Waals surface area contributed by atoms with Crippen molar-refractivity contribution in [2.24, 2.45) is 4.99 Å². The SMILES string of the molecule is CCC(=O)C/C(CC)=N\c1cccc2cccnc12. The van der Waals surface area contributed by atoms with Gasteiger partial charge in [0.25, 0.3) is 0 Å². The van der Waals surface area contributed by atoms with Crippen LogP contribution in [0, 0.1) is 0 Å². The largest absolute Gasteiger partial charge is 0.299 e. The molecular formula is C16H18N2O. The molecule has 0 saturated carbocycles. The number of carbonyl (C=O) groups excluding carboxylic acids is 1. The van der Waals surface area contributed by atoms with Crippen molar-refractivity contribution in [2.45, 2.75) is 33.1 Å². The van der Waals surface area contributed by atoms with E-state index in [4.69, 9.17) is 0 Å². The molecule has 0 aliphatic carbocycles. The zero-order valence-corrected chi connectivity index (χ0v) is 11.4. The highest BCUT2D eigenvalue weighted by Crippen LogP contribution is 2.24. The highest BCUT2D eigenvalue weighted by molar-refractivity contribution is 6.04.